The second-order valence-electron chi connectivity index (χ2n) is 4.72. The summed E-state index contributed by atoms with van der Waals surface area (Å²) < 4.78 is 1.13. The number of benzene rings is 1. The fraction of sp³-hybridized carbons (Fsp3) is 0.500. The number of halogens is 1. The van der Waals surface area contributed by atoms with E-state index < -0.39 is 0 Å². The quantitative estimate of drug-likeness (QED) is 0.573. The Morgan fingerprint density at radius 3 is 2.69 bits per heavy atom. The third kappa shape index (κ3) is 4.17. The zero-order chi connectivity index (χ0) is 12.2. The number of aliphatic hydroxyl groups is 1. The van der Waals surface area contributed by atoms with Gasteiger partial charge in [-0.1, -0.05) is 13.8 Å². The maximum absolute atomic E-state index is 8.94. The van der Waals surface area contributed by atoms with Gasteiger partial charge in [-0.2, -0.15) is 0 Å². The van der Waals surface area contributed by atoms with Gasteiger partial charge in [-0.25, -0.2) is 0 Å². The van der Waals surface area contributed by atoms with E-state index in [1.165, 1.54) is 0 Å². The number of rotatable bonds is 5. The number of nitrogens with two attached hydrogens (primary N) is 1. The van der Waals surface area contributed by atoms with Gasteiger partial charge >= 0.3 is 0 Å². The van der Waals surface area contributed by atoms with Gasteiger partial charge in [0.15, 0.2) is 0 Å². The van der Waals surface area contributed by atoms with E-state index in [9.17, 15) is 0 Å². The van der Waals surface area contributed by atoms with Crippen molar-refractivity contribution in [1.29, 1.82) is 0 Å². The van der Waals surface area contributed by atoms with E-state index in [-0.39, 0.29) is 12.0 Å². The molecule has 0 aliphatic rings. The molecule has 3 nitrogen and oxygen atoms in total. The molecule has 0 aliphatic heterocycles. The molecule has 1 aromatic rings. The molecule has 0 atom stereocenters. The zero-order valence-electron chi connectivity index (χ0n) is 9.76. The highest BCUT2D eigenvalue weighted by Gasteiger charge is 2.16. The van der Waals surface area contributed by atoms with Gasteiger partial charge in [0.25, 0.3) is 0 Å². The van der Waals surface area contributed by atoms with E-state index in [2.05, 4.69) is 41.8 Å². The molecule has 4 N–H and O–H groups in total. The first kappa shape index (κ1) is 13.6. The van der Waals surface area contributed by atoms with Crippen molar-refractivity contribution in [2.24, 2.45) is 5.41 Å². The van der Waals surface area contributed by atoms with Crippen molar-refractivity contribution >= 4 is 34.0 Å². The molecule has 0 aliphatic carbocycles. The van der Waals surface area contributed by atoms with Crippen LogP contribution in [0.2, 0.25) is 0 Å². The van der Waals surface area contributed by atoms with Gasteiger partial charge in [0.2, 0.25) is 0 Å². The van der Waals surface area contributed by atoms with Gasteiger partial charge in [-0.3, -0.25) is 0 Å². The average Bonchev–Trinajstić information content (AvgIpc) is 2.16. The van der Waals surface area contributed by atoms with Crippen LogP contribution in [0, 0.1) is 8.99 Å². The van der Waals surface area contributed by atoms with Gasteiger partial charge in [0, 0.05) is 16.7 Å². The van der Waals surface area contributed by atoms with Crippen LogP contribution in [-0.4, -0.2) is 18.3 Å². The van der Waals surface area contributed by atoms with E-state index in [0.29, 0.717) is 0 Å². The lowest BCUT2D eigenvalue weighted by molar-refractivity contribution is 0.220. The predicted octanol–water partition coefficient (Wildman–Crippen LogP) is 2.69. The highest BCUT2D eigenvalue weighted by molar-refractivity contribution is 14.1. The molecule has 0 saturated heterocycles. The number of anilines is 2. The summed E-state index contributed by atoms with van der Waals surface area (Å²) >= 11 is 2.24. The van der Waals surface area contributed by atoms with E-state index in [0.717, 1.165) is 27.9 Å². The Kier molecular flexibility index (Phi) is 4.86. The Morgan fingerprint density at radius 2 is 2.12 bits per heavy atom. The van der Waals surface area contributed by atoms with Crippen molar-refractivity contribution < 1.29 is 5.11 Å². The summed E-state index contributed by atoms with van der Waals surface area (Å²) in [6.07, 6.45) is 0.782. The molecular weight excluding hydrogens is 315 g/mol. The Hall–Kier alpha value is -0.490. The van der Waals surface area contributed by atoms with E-state index >= 15 is 0 Å². The molecular formula is C12H19IN2O. The molecule has 16 heavy (non-hydrogen) atoms. The SMILES string of the molecule is CC(C)(CCO)CNc1ccc(I)cc1N. The summed E-state index contributed by atoms with van der Waals surface area (Å²) in [7, 11) is 0. The molecule has 0 heterocycles. The maximum atomic E-state index is 8.94. The molecule has 4 heteroatoms. The number of hydrogen-bond acceptors (Lipinski definition) is 3. The van der Waals surface area contributed by atoms with E-state index in [4.69, 9.17) is 10.8 Å². The summed E-state index contributed by atoms with van der Waals surface area (Å²) in [5.41, 5.74) is 7.72. The van der Waals surface area contributed by atoms with Gasteiger partial charge in [-0.05, 0) is 52.6 Å². The van der Waals surface area contributed by atoms with Gasteiger partial charge in [0.1, 0.15) is 0 Å². The van der Waals surface area contributed by atoms with Crippen molar-refractivity contribution in [3.05, 3.63) is 21.8 Å². The summed E-state index contributed by atoms with van der Waals surface area (Å²) in [6.45, 7) is 5.27. The van der Waals surface area contributed by atoms with Crippen molar-refractivity contribution in [2.75, 3.05) is 24.2 Å². The number of hydrogen-bond donors (Lipinski definition) is 3. The highest BCUT2D eigenvalue weighted by Crippen LogP contribution is 2.24. The van der Waals surface area contributed by atoms with Crippen LogP contribution < -0.4 is 11.1 Å². The normalized spacial score (nSPS) is 11.5. The minimum absolute atomic E-state index is 0.0736. The molecule has 0 amide bonds. The minimum atomic E-state index is 0.0736. The van der Waals surface area contributed by atoms with Gasteiger partial charge in [-0.15, -0.1) is 0 Å². The Bertz CT molecular complexity index is 353. The average molecular weight is 334 g/mol. The van der Waals surface area contributed by atoms with Crippen LogP contribution in [0.25, 0.3) is 0 Å². The summed E-state index contributed by atoms with van der Waals surface area (Å²) in [5.74, 6) is 0. The first-order chi connectivity index (χ1) is 7.44. The summed E-state index contributed by atoms with van der Waals surface area (Å²) in [6, 6.07) is 5.96. The lowest BCUT2D eigenvalue weighted by Crippen LogP contribution is -2.24. The van der Waals surface area contributed by atoms with Crippen molar-refractivity contribution in [3.63, 3.8) is 0 Å². The third-order valence-corrected chi connectivity index (χ3v) is 3.23. The summed E-state index contributed by atoms with van der Waals surface area (Å²) in [5, 5.41) is 12.3. The second kappa shape index (κ2) is 5.72. The Labute approximate surface area is 111 Å². The van der Waals surface area contributed by atoms with Gasteiger partial charge in [0.05, 0.1) is 11.4 Å². The standard InChI is InChI=1S/C12H19IN2O/c1-12(2,5-6-16)8-15-11-4-3-9(13)7-10(11)14/h3-4,7,15-16H,5-6,8,14H2,1-2H3. The van der Waals surface area contributed by atoms with Crippen LogP contribution in [0.4, 0.5) is 11.4 Å². The Morgan fingerprint density at radius 1 is 1.44 bits per heavy atom. The lowest BCUT2D eigenvalue weighted by Gasteiger charge is -2.25. The second-order valence-corrected chi connectivity index (χ2v) is 5.97. The van der Waals surface area contributed by atoms with Crippen molar-refractivity contribution in [1.82, 2.24) is 0 Å². The third-order valence-electron chi connectivity index (χ3n) is 2.56. The van der Waals surface area contributed by atoms with Crippen LogP contribution in [-0.2, 0) is 0 Å². The number of aliphatic hydroxyl groups excluding tert-OH is 1. The largest absolute Gasteiger partial charge is 0.397 e. The summed E-state index contributed by atoms with van der Waals surface area (Å²) in [4.78, 5) is 0. The molecule has 1 aromatic carbocycles. The predicted molar refractivity (Wildman–Crippen MR) is 77.5 cm³/mol. The lowest BCUT2D eigenvalue weighted by atomic mass is 9.89. The highest BCUT2D eigenvalue weighted by atomic mass is 127. The van der Waals surface area contributed by atoms with Crippen LogP contribution in [0.1, 0.15) is 20.3 Å². The smallest absolute Gasteiger partial charge is 0.0574 e. The number of nitrogen functional groups attached to an aromatic ring is 1. The van der Waals surface area contributed by atoms with E-state index in [1.807, 2.05) is 18.2 Å². The number of nitrogens with one attached hydrogen (secondary N) is 1. The molecule has 1 rings (SSSR count). The molecule has 0 bridgehead atoms. The first-order valence-electron chi connectivity index (χ1n) is 5.34. The first-order valence-corrected chi connectivity index (χ1v) is 6.42. The minimum Gasteiger partial charge on any atom is -0.397 e. The molecule has 0 aromatic heterocycles. The van der Waals surface area contributed by atoms with Crippen LogP contribution >= 0.6 is 22.6 Å². The van der Waals surface area contributed by atoms with Crippen molar-refractivity contribution in [2.45, 2.75) is 20.3 Å². The van der Waals surface area contributed by atoms with Crippen molar-refractivity contribution in [3.8, 4) is 0 Å². The Balaban J connectivity index is 2.61. The fourth-order valence-electron chi connectivity index (χ4n) is 1.42. The van der Waals surface area contributed by atoms with Crippen LogP contribution in [0.15, 0.2) is 18.2 Å². The topological polar surface area (TPSA) is 58.3 Å². The molecule has 0 spiro atoms. The van der Waals surface area contributed by atoms with Crippen LogP contribution in [0.5, 0.6) is 0 Å². The molecule has 90 valence electrons. The van der Waals surface area contributed by atoms with Crippen LogP contribution in [0.3, 0.4) is 0 Å². The van der Waals surface area contributed by atoms with Gasteiger partial charge < -0.3 is 16.2 Å². The maximum Gasteiger partial charge on any atom is 0.0574 e. The molecule has 0 saturated carbocycles. The van der Waals surface area contributed by atoms with E-state index in [1.54, 1.807) is 0 Å². The monoisotopic (exact) mass is 334 g/mol. The molecule has 0 radical (unpaired) electrons. The molecule has 0 fully saturated rings. The zero-order valence-corrected chi connectivity index (χ0v) is 11.9. The molecule has 0 unspecified atom stereocenters. The fourth-order valence-corrected chi connectivity index (χ4v) is 1.94.